The number of nitrogens with zero attached hydrogens (tertiary/aromatic N) is 3. The predicted molar refractivity (Wildman–Crippen MR) is 93.2 cm³/mol. The van der Waals surface area contributed by atoms with Crippen molar-refractivity contribution in [3.63, 3.8) is 0 Å². The van der Waals surface area contributed by atoms with Gasteiger partial charge in [0, 0.05) is 32.0 Å². The average molecular weight is 341 g/mol. The topological polar surface area (TPSA) is 73.3 Å². The molecule has 0 saturated heterocycles. The summed E-state index contributed by atoms with van der Waals surface area (Å²) >= 11 is 0. The van der Waals surface area contributed by atoms with Gasteiger partial charge in [0.15, 0.2) is 5.89 Å². The van der Waals surface area contributed by atoms with Gasteiger partial charge in [-0.15, -0.1) is 0 Å². The molecule has 132 valence electrons. The SMILES string of the molecule is OCCCc1nc(COc2ccc(CCCn3ccnc3)cc2)co1. The second-order valence-corrected chi connectivity index (χ2v) is 5.90. The van der Waals surface area contributed by atoms with E-state index in [1.165, 1.54) is 5.56 Å². The molecule has 0 bridgehead atoms. The highest BCUT2D eigenvalue weighted by Crippen LogP contribution is 2.15. The molecule has 25 heavy (non-hydrogen) atoms. The zero-order chi connectivity index (χ0) is 17.3. The van der Waals surface area contributed by atoms with Crippen molar-refractivity contribution in [2.45, 2.75) is 38.8 Å². The lowest BCUT2D eigenvalue weighted by Crippen LogP contribution is -1.98. The minimum atomic E-state index is 0.142. The molecule has 0 unspecified atom stereocenters. The van der Waals surface area contributed by atoms with E-state index in [0.29, 0.717) is 25.3 Å². The van der Waals surface area contributed by atoms with Crippen LogP contribution in [-0.4, -0.2) is 26.2 Å². The van der Waals surface area contributed by atoms with Crippen molar-refractivity contribution in [1.82, 2.24) is 14.5 Å². The maximum Gasteiger partial charge on any atom is 0.194 e. The van der Waals surface area contributed by atoms with E-state index in [1.807, 2.05) is 24.7 Å². The molecule has 0 aliphatic heterocycles. The Morgan fingerprint density at radius 3 is 2.76 bits per heavy atom. The van der Waals surface area contributed by atoms with Crippen LogP contribution in [-0.2, 0) is 26.0 Å². The highest BCUT2D eigenvalue weighted by atomic mass is 16.5. The van der Waals surface area contributed by atoms with Crippen LogP contribution in [0.25, 0.3) is 0 Å². The number of aliphatic hydroxyl groups is 1. The smallest absolute Gasteiger partial charge is 0.194 e. The van der Waals surface area contributed by atoms with E-state index in [0.717, 1.165) is 30.8 Å². The number of aryl methyl sites for hydroxylation is 3. The summed E-state index contributed by atoms with van der Waals surface area (Å²) in [7, 11) is 0. The normalized spacial score (nSPS) is 10.9. The molecule has 1 N–H and O–H groups in total. The van der Waals surface area contributed by atoms with Crippen LogP contribution in [0.15, 0.2) is 53.7 Å². The number of aliphatic hydroxyl groups excluding tert-OH is 1. The molecular formula is C19H23N3O3. The van der Waals surface area contributed by atoms with Crippen LogP contribution in [0.1, 0.15) is 30.0 Å². The van der Waals surface area contributed by atoms with Crippen molar-refractivity contribution < 1.29 is 14.3 Å². The lowest BCUT2D eigenvalue weighted by atomic mass is 10.1. The molecule has 2 aromatic heterocycles. The maximum atomic E-state index is 8.81. The molecule has 3 rings (SSSR count). The quantitative estimate of drug-likeness (QED) is 0.614. The molecule has 0 aliphatic rings. The van der Waals surface area contributed by atoms with E-state index in [2.05, 4.69) is 26.7 Å². The summed E-state index contributed by atoms with van der Waals surface area (Å²) in [5.74, 6) is 1.46. The minimum Gasteiger partial charge on any atom is -0.487 e. The predicted octanol–water partition coefficient (Wildman–Crippen LogP) is 3.01. The van der Waals surface area contributed by atoms with Gasteiger partial charge in [-0.3, -0.25) is 0 Å². The standard InChI is InChI=1S/C19H23N3O3/c23-12-2-4-19-21-17(14-25-19)13-24-18-7-5-16(6-8-18)3-1-10-22-11-9-20-15-22/h5-9,11,14-15,23H,1-4,10,12-13H2. The Labute approximate surface area is 147 Å². The van der Waals surface area contributed by atoms with Crippen LogP contribution < -0.4 is 4.74 Å². The Kier molecular flexibility index (Phi) is 6.23. The van der Waals surface area contributed by atoms with Crippen molar-refractivity contribution in [1.29, 1.82) is 0 Å². The average Bonchev–Trinajstić information content (AvgIpc) is 3.31. The summed E-state index contributed by atoms with van der Waals surface area (Å²) in [4.78, 5) is 8.38. The highest BCUT2D eigenvalue weighted by molar-refractivity contribution is 5.27. The third-order valence-electron chi connectivity index (χ3n) is 3.90. The number of imidazole rings is 1. The van der Waals surface area contributed by atoms with Crippen LogP contribution in [0.4, 0.5) is 0 Å². The second-order valence-electron chi connectivity index (χ2n) is 5.90. The van der Waals surface area contributed by atoms with Gasteiger partial charge in [-0.1, -0.05) is 12.1 Å². The Morgan fingerprint density at radius 2 is 2.00 bits per heavy atom. The fraction of sp³-hybridized carbons (Fsp3) is 0.368. The largest absolute Gasteiger partial charge is 0.487 e. The van der Waals surface area contributed by atoms with E-state index in [-0.39, 0.29) is 6.61 Å². The number of hydrogen-bond acceptors (Lipinski definition) is 5. The Morgan fingerprint density at radius 1 is 1.12 bits per heavy atom. The Hall–Kier alpha value is -2.60. The molecule has 0 amide bonds. The number of rotatable bonds is 10. The summed E-state index contributed by atoms with van der Waals surface area (Å²) < 4.78 is 13.2. The number of ether oxygens (including phenoxy) is 1. The van der Waals surface area contributed by atoms with Gasteiger partial charge in [-0.25, -0.2) is 9.97 Å². The summed E-state index contributed by atoms with van der Waals surface area (Å²) in [6.45, 7) is 1.49. The van der Waals surface area contributed by atoms with Crippen LogP contribution in [0.3, 0.4) is 0 Å². The van der Waals surface area contributed by atoms with Crippen LogP contribution >= 0.6 is 0 Å². The molecule has 0 saturated carbocycles. The van der Waals surface area contributed by atoms with Gasteiger partial charge in [0.2, 0.25) is 0 Å². The fourth-order valence-electron chi connectivity index (χ4n) is 2.55. The first kappa shape index (κ1) is 17.2. The van der Waals surface area contributed by atoms with Crippen LogP contribution in [0, 0.1) is 0 Å². The molecule has 2 heterocycles. The zero-order valence-corrected chi connectivity index (χ0v) is 14.2. The summed E-state index contributed by atoms with van der Waals surface area (Å²) in [5, 5.41) is 8.81. The van der Waals surface area contributed by atoms with Crippen molar-refractivity contribution in [2.24, 2.45) is 0 Å². The van der Waals surface area contributed by atoms with Gasteiger partial charge in [0.1, 0.15) is 24.3 Å². The second kappa shape index (κ2) is 9.03. The molecule has 6 nitrogen and oxygen atoms in total. The molecule has 0 atom stereocenters. The molecule has 3 aromatic rings. The number of oxazole rings is 1. The lowest BCUT2D eigenvalue weighted by Gasteiger charge is -2.06. The molecule has 0 aliphatic carbocycles. The van der Waals surface area contributed by atoms with E-state index in [9.17, 15) is 0 Å². The first-order valence-electron chi connectivity index (χ1n) is 8.55. The Bertz CT molecular complexity index is 736. The van der Waals surface area contributed by atoms with Crippen molar-refractivity contribution in [2.75, 3.05) is 6.61 Å². The summed E-state index contributed by atoms with van der Waals surface area (Å²) in [6, 6.07) is 8.16. The summed E-state index contributed by atoms with van der Waals surface area (Å²) in [6.07, 6.45) is 10.6. The molecule has 0 spiro atoms. The minimum absolute atomic E-state index is 0.142. The molecule has 0 fully saturated rings. The summed E-state index contributed by atoms with van der Waals surface area (Å²) in [5.41, 5.74) is 2.05. The first-order valence-corrected chi connectivity index (χ1v) is 8.55. The maximum absolute atomic E-state index is 8.81. The van der Waals surface area contributed by atoms with E-state index in [1.54, 1.807) is 12.5 Å². The third kappa shape index (κ3) is 5.46. The molecule has 0 radical (unpaired) electrons. The molecular weight excluding hydrogens is 318 g/mol. The van der Waals surface area contributed by atoms with E-state index >= 15 is 0 Å². The molecule has 6 heteroatoms. The van der Waals surface area contributed by atoms with Crippen LogP contribution in [0.5, 0.6) is 5.75 Å². The van der Waals surface area contributed by atoms with Gasteiger partial charge in [-0.2, -0.15) is 0 Å². The Balaban J connectivity index is 1.42. The van der Waals surface area contributed by atoms with E-state index in [4.69, 9.17) is 14.3 Å². The number of hydrogen-bond donors (Lipinski definition) is 1. The van der Waals surface area contributed by atoms with Gasteiger partial charge >= 0.3 is 0 Å². The van der Waals surface area contributed by atoms with Crippen molar-refractivity contribution in [3.8, 4) is 5.75 Å². The number of aromatic nitrogens is 3. The van der Waals surface area contributed by atoms with E-state index < -0.39 is 0 Å². The zero-order valence-electron chi connectivity index (χ0n) is 14.2. The number of benzene rings is 1. The third-order valence-corrected chi connectivity index (χ3v) is 3.90. The highest BCUT2D eigenvalue weighted by Gasteiger charge is 2.05. The lowest BCUT2D eigenvalue weighted by molar-refractivity contribution is 0.283. The monoisotopic (exact) mass is 341 g/mol. The van der Waals surface area contributed by atoms with Crippen molar-refractivity contribution >= 4 is 0 Å². The van der Waals surface area contributed by atoms with Crippen LogP contribution in [0.2, 0.25) is 0 Å². The molecule has 1 aromatic carbocycles. The van der Waals surface area contributed by atoms with Gasteiger partial charge in [-0.05, 0) is 37.0 Å². The van der Waals surface area contributed by atoms with Crippen molar-refractivity contribution in [3.05, 3.63) is 66.4 Å². The first-order chi connectivity index (χ1) is 12.3. The van der Waals surface area contributed by atoms with Gasteiger partial charge in [0.05, 0.1) is 6.33 Å². The van der Waals surface area contributed by atoms with Gasteiger partial charge < -0.3 is 18.8 Å². The van der Waals surface area contributed by atoms with Gasteiger partial charge in [0.25, 0.3) is 0 Å². The fourth-order valence-corrected chi connectivity index (χ4v) is 2.55.